The van der Waals surface area contributed by atoms with Gasteiger partial charge in [-0.3, -0.25) is 0 Å². The topological polar surface area (TPSA) is 58.2 Å². The van der Waals surface area contributed by atoms with Crippen molar-refractivity contribution in [2.24, 2.45) is 0 Å². The van der Waals surface area contributed by atoms with Crippen molar-refractivity contribution in [2.45, 2.75) is 18.9 Å². The van der Waals surface area contributed by atoms with E-state index in [1.165, 1.54) is 18.6 Å². The van der Waals surface area contributed by atoms with Crippen LogP contribution in [0.1, 0.15) is 12.8 Å². The molecule has 1 heterocycles. The molecule has 0 radical (unpaired) electrons. The van der Waals surface area contributed by atoms with E-state index in [4.69, 9.17) is 0 Å². The van der Waals surface area contributed by atoms with Crippen LogP contribution in [0.25, 0.3) is 0 Å². The quantitative estimate of drug-likeness (QED) is 0.709. The first-order valence-corrected chi connectivity index (χ1v) is 7.67. The summed E-state index contributed by atoms with van der Waals surface area (Å²) in [7, 11) is -1.59. The molecule has 0 bridgehead atoms. The van der Waals surface area contributed by atoms with Gasteiger partial charge in [0.25, 0.3) is 0 Å². The van der Waals surface area contributed by atoms with Gasteiger partial charge in [0.05, 0.1) is 5.75 Å². The maximum absolute atomic E-state index is 11.1. The van der Waals surface area contributed by atoms with Crippen LogP contribution in [0.5, 0.6) is 0 Å². The number of nitrogens with one attached hydrogen (secondary N) is 2. The molecule has 0 spiro atoms. The van der Waals surface area contributed by atoms with E-state index in [-0.39, 0.29) is 5.75 Å². The normalized spacial score (nSPS) is 19.8. The molecule has 6 heteroatoms. The largest absolute Gasteiger partial charge is 0.313 e. The fourth-order valence-corrected chi connectivity index (χ4v) is 3.10. The predicted octanol–water partition coefficient (Wildman–Crippen LogP) is 0.0208. The molecule has 84 valence electrons. The summed E-state index contributed by atoms with van der Waals surface area (Å²) in [6, 6.07) is 0.517. The number of hydrogen-bond acceptors (Lipinski definition) is 4. The van der Waals surface area contributed by atoms with Crippen LogP contribution in [-0.2, 0) is 10.0 Å². The average molecular weight is 238 g/mol. The molecule has 0 unspecified atom stereocenters. The summed E-state index contributed by atoms with van der Waals surface area (Å²) in [5.74, 6) is 2.56. The number of rotatable bonds is 5. The molecular formula is C8H18N2O2S2. The molecule has 1 aliphatic rings. The van der Waals surface area contributed by atoms with Crippen LogP contribution in [-0.4, -0.2) is 45.3 Å². The van der Waals surface area contributed by atoms with Crippen molar-refractivity contribution in [3.63, 3.8) is 0 Å². The minimum Gasteiger partial charge on any atom is -0.313 e. The molecule has 0 amide bonds. The van der Waals surface area contributed by atoms with Gasteiger partial charge in [-0.05, 0) is 31.4 Å². The Morgan fingerprint density at radius 3 is 2.57 bits per heavy atom. The van der Waals surface area contributed by atoms with Crippen LogP contribution in [0, 0.1) is 0 Å². The molecule has 0 saturated carbocycles. The van der Waals surface area contributed by atoms with E-state index in [2.05, 4.69) is 10.0 Å². The highest BCUT2D eigenvalue weighted by molar-refractivity contribution is 7.99. The van der Waals surface area contributed by atoms with E-state index in [1.807, 2.05) is 11.8 Å². The maximum atomic E-state index is 11.1. The maximum Gasteiger partial charge on any atom is 0.212 e. The molecule has 0 aromatic carbocycles. The molecule has 14 heavy (non-hydrogen) atoms. The van der Waals surface area contributed by atoms with Gasteiger partial charge in [-0.25, -0.2) is 13.1 Å². The molecule has 0 aromatic heterocycles. The van der Waals surface area contributed by atoms with Crippen molar-refractivity contribution < 1.29 is 8.42 Å². The van der Waals surface area contributed by atoms with Gasteiger partial charge in [-0.2, -0.15) is 11.8 Å². The minimum absolute atomic E-state index is 0.174. The Morgan fingerprint density at radius 1 is 1.36 bits per heavy atom. The van der Waals surface area contributed by atoms with E-state index in [0.717, 1.165) is 12.8 Å². The van der Waals surface area contributed by atoms with E-state index in [0.29, 0.717) is 12.6 Å². The van der Waals surface area contributed by atoms with Crippen LogP contribution < -0.4 is 10.0 Å². The van der Waals surface area contributed by atoms with Gasteiger partial charge in [-0.1, -0.05) is 0 Å². The van der Waals surface area contributed by atoms with Gasteiger partial charge < -0.3 is 5.32 Å². The minimum atomic E-state index is -3.04. The first kappa shape index (κ1) is 12.3. The Labute approximate surface area is 90.3 Å². The average Bonchev–Trinajstić information content (AvgIpc) is 2.19. The zero-order valence-corrected chi connectivity index (χ0v) is 10.1. The summed E-state index contributed by atoms with van der Waals surface area (Å²) in [5.41, 5.74) is 0. The van der Waals surface area contributed by atoms with E-state index in [1.54, 1.807) is 0 Å². The summed E-state index contributed by atoms with van der Waals surface area (Å²) in [4.78, 5) is 0. The highest BCUT2D eigenvalue weighted by Crippen LogP contribution is 2.16. The lowest BCUT2D eigenvalue weighted by Crippen LogP contribution is -2.37. The molecule has 1 fully saturated rings. The SMILES string of the molecule is CNS(=O)(=O)CCNC1CCSCC1. The highest BCUT2D eigenvalue weighted by atomic mass is 32.2. The molecule has 4 nitrogen and oxygen atoms in total. The number of sulfonamides is 1. The Bertz CT molecular complexity index is 248. The zero-order chi connectivity index (χ0) is 10.4. The van der Waals surface area contributed by atoms with Crippen LogP contribution in [0.3, 0.4) is 0 Å². The van der Waals surface area contributed by atoms with Gasteiger partial charge in [-0.15, -0.1) is 0 Å². The van der Waals surface area contributed by atoms with Crippen molar-refractivity contribution in [1.82, 2.24) is 10.0 Å². The van der Waals surface area contributed by atoms with Gasteiger partial charge in [0.1, 0.15) is 0 Å². The van der Waals surface area contributed by atoms with Gasteiger partial charge in [0, 0.05) is 12.6 Å². The Balaban J connectivity index is 2.14. The van der Waals surface area contributed by atoms with Crippen molar-refractivity contribution in [3.8, 4) is 0 Å². The van der Waals surface area contributed by atoms with Crippen molar-refractivity contribution in [3.05, 3.63) is 0 Å². The molecular weight excluding hydrogens is 220 g/mol. The van der Waals surface area contributed by atoms with Crippen LogP contribution in [0.15, 0.2) is 0 Å². The summed E-state index contributed by atoms with van der Waals surface area (Å²) in [6.45, 7) is 0.554. The second kappa shape index (κ2) is 5.95. The lowest BCUT2D eigenvalue weighted by Gasteiger charge is -2.22. The van der Waals surface area contributed by atoms with Gasteiger partial charge in [0.15, 0.2) is 0 Å². The molecule has 0 aliphatic carbocycles. The smallest absolute Gasteiger partial charge is 0.212 e. The second-order valence-electron chi connectivity index (χ2n) is 3.36. The Kier molecular flexibility index (Phi) is 5.22. The Hall–Kier alpha value is 0.220. The molecule has 1 saturated heterocycles. The fraction of sp³-hybridized carbons (Fsp3) is 1.00. The molecule has 2 N–H and O–H groups in total. The van der Waals surface area contributed by atoms with E-state index < -0.39 is 10.0 Å². The monoisotopic (exact) mass is 238 g/mol. The van der Waals surface area contributed by atoms with Gasteiger partial charge >= 0.3 is 0 Å². The lowest BCUT2D eigenvalue weighted by molar-refractivity contribution is 0.494. The fourth-order valence-electron chi connectivity index (χ4n) is 1.40. The molecule has 1 aliphatic heterocycles. The van der Waals surface area contributed by atoms with E-state index in [9.17, 15) is 8.42 Å². The summed E-state index contributed by atoms with van der Waals surface area (Å²) in [5, 5.41) is 3.28. The molecule has 1 rings (SSSR count). The zero-order valence-electron chi connectivity index (χ0n) is 8.45. The van der Waals surface area contributed by atoms with Crippen LogP contribution in [0.4, 0.5) is 0 Å². The standard InChI is InChI=1S/C8H18N2O2S2/c1-9-14(11,12)7-4-10-8-2-5-13-6-3-8/h8-10H,2-7H2,1H3. The molecule has 0 atom stereocenters. The van der Waals surface area contributed by atoms with Crippen LogP contribution >= 0.6 is 11.8 Å². The van der Waals surface area contributed by atoms with Crippen molar-refractivity contribution >= 4 is 21.8 Å². The second-order valence-corrected chi connectivity index (χ2v) is 6.63. The summed E-state index contributed by atoms with van der Waals surface area (Å²) < 4.78 is 24.5. The first-order valence-electron chi connectivity index (χ1n) is 4.86. The number of thioether (sulfide) groups is 1. The van der Waals surface area contributed by atoms with Crippen molar-refractivity contribution in [1.29, 1.82) is 0 Å². The van der Waals surface area contributed by atoms with Crippen LogP contribution in [0.2, 0.25) is 0 Å². The van der Waals surface area contributed by atoms with Crippen molar-refractivity contribution in [2.75, 3.05) is 30.9 Å². The Morgan fingerprint density at radius 2 is 2.00 bits per heavy atom. The predicted molar refractivity (Wildman–Crippen MR) is 61.2 cm³/mol. The first-order chi connectivity index (χ1) is 6.64. The third-order valence-corrected chi connectivity index (χ3v) is 4.75. The lowest BCUT2D eigenvalue weighted by atomic mass is 10.1. The number of hydrogen-bond donors (Lipinski definition) is 2. The van der Waals surface area contributed by atoms with E-state index >= 15 is 0 Å². The summed E-state index contributed by atoms with van der Waals surface area (Å²) in [6.07, 6.45) is 2.31. The third kappa shape index (κ3) is 4.63. The van der Waals surface area contributed by atoms with Gasteiger partial charge in [0.2, 0.25) is 10.0 Å². The highest BCUT2D eigenvalue weighted by Gasteiger charge is 2.14. The summed E-state index contributed by atoms with van der Waals surface area (Å²) >= 11 is 1.97. The molecule has 0 aromatic rings. The third-order valence-electron chi connectivity index (χ3n) is 2.34.